The number of carbonyl (C=O) groups is 1. The Balaban J connectivity index is 4.69. The second kappa shape index (κ2) is 8.50. The van der Waals surface area contributed by atoms with Crippen molar-refractivity contribution in [3.8, 4) is 0 Å². The molecule has 0 heterocycles. The molecule has 1 atom stereocenters. The number of carboxylic acids is 1. The fourth-order valence-electron chi connectivity index (χ4n) is 1.75. The van der Waals surface area contributed by atoms with Crippen LogP contribution in [0.3, 0.4) is 0 Å². The second-order valence-corrected chi connectivity index (χ2v) is 6.70. The van der Waals surface area contributed by atoms with E-state index in [1.165, 1.54) is 4.31 Å². The van der Waals surface area contributed by atoms with Crippen LogP contribution in [0.4, 0.5) is 0 Å². The lowest BCUT2D eigenvalue weighted by Crippen LogP contribution is -2.45. The van der Waals surface area contributed by atoms with Gasteiger partial charge in [-0.15, -0.1) is 0 Å². The molecule has 7 heteroatoms. The van der Waals surface area contributed by atoms with Crippen LogP contribution in [0, 0.1) is 11.8 Å². The lowest BCUT2D eigenvalue weighted by molar-refractivity contribution is -0.142. The molecule has 0 aromatic carbocycles. The Bertz CT molecular complexity index is 362. The van der Waals surface area contributed by atoms with E-state index in [-0.39, 0.29) is 12.5 Å². The van der Waals surface area contributed by atoms with E-state index < -0.39 is 22.1 Å². The molecule has 0 aromatic heterocycles. The van der Waals surface area contributed by atoms with Crippen LogP contribution in [0.1, 0.15) is 40.5 Å². The van der Waals surface area contributed by atoms with Gasteiger partial charge in [0.15, 0.2) is 0 Å². The predicted octanol–water partition coefficient (Wildman–Crippen LogP) is 1.30. The van der Waals surface area contributed by atoms with Crippen LogP contribution in [0.15, 0.2) is 0 Å². The van der Waals surface area contributed by atoms with Crippen LogP contribution >= 0.6 is 0 Å². The standard InChI is InChI=1S/C12H26N2O4S/c1-5-7-14(8-6-2)19(17,18)13-9-11(10(3)4)12(15)16/h10-11,13H,5-9H2,1-4H3,(H,15,16). The van der Waals surface area contributed by atoms with Gasteiger partial charge in [0, 0.05) is 19.6 Å². The summed E-state index contributed by atoms with van der Waals surface area (Å²) in [5.74, 6) is -1.80. The molecule has 0 aliphatic rings. The maximum absolute atomic E-state index is 12.1. The third kappa shape index (κ3) is 6.35. The number of hydrogen-bond donors (Lipinski definition) is 2. The summed E-state index contributed by atoms with van der Waals surface area (Å²) >= 11 is 0. The monoisotopic (exact) mass is 294 g/mol. The minimum absolute atomic E-state index is 0.0702. The smallest absolute Gasteiger partial charge is 0.308 e. The summed E-state index contributed by atoms with van der Waals surface area (Å²) in [6, 6.07) is 0. The van der Waals surface area contributed by atoms with E-state index in [0.29, 0.717) is 13.1 Å². The van der Waals surface area contributed by atoms with Crippen molar-refractivity contribution in [3.63, 3.8) is 0 Å². The number of carboxylic acid groups (broad SMARTS) is 1. The molecule has 1 unspecified atom stereocenters. The van der Waals surface area contributed by atoms with Crippen LogP contribution in [0.5, 0.6) is 0 Å². The van der Waals surface area contributed by atoms with Gasteiger partial charge < -0.3 is 5.11 Å². The van der Waals surface area contributed by atoms with Crippen molar-refractivity contribution in [1.82, 2.24) is 9.03 Å². The quantitative estimate of drug-likeness (QED) is 0.636. The molecule has 0 bridgehead atoms. The fraction of sp³-hybridized carbons (Fsp3) is 0.917. The topological polar surface area (TPSA) is 86.7 Å². The van der Waals surface area contributed by atoms with Crippen LogP contribution in [-0.2, 0) is 15.0 Å². The molecule has 0 spiro atoms. The first kappa shape index (κ1) is 18.3. The maximum Gasteiger partial charge on any atom is 0.308 e. The third-order valence-electron chi connectivity index (χ3n) is 2.89. The van der Waals surface area contributed by atoms with Crippen molar-refractivity contribution >= 4 is 16.2 Å². The number of nitrogens with zero attached hydrogens (tertiary/aromatic N) is 1. The van der Waals surface area contributed by atoms with Gasteiger partial charge in [0.05, 0.1) is 5.92 Å². The van der Waals surface area contributed by atoms with E-state index >= 15 is 0 Å². The number of nitrogens with one attached hydrogen (secondary N) is 1. The second-order valence-electron chi connectivity index (χ2n) is 4.94. The largest absolute Gasteiger partial charge is 0.481 e. The molecule has 19 heavy (non-hydrogen) atoms. The zero-order valence-electron chi connectivity index (χ0n) is 12.2. The summed E-state index contributed by atoms with van der Waals surface area (Å²) in [7, 11) is -3.59. The van der Waals surface area contributed by atoms with E-state index in [1.54, 1.807) is 13.8 Å². The highest BCUT2D eigenvalue weighted by Gasteiger charge is 2.26. The van der Waals surface area contributed by atoms with Gasteiger partial charge in [-0.2, -0.15) is 12.7 Å². The molecule has 0 aliphatic carbocycles. The van der Waals surface area contributed by atoms with Crippen molar-refractivity contribution in [2.75, 3.05) is 19.6 Å². The summed E-state index contributed by atoms with van der Waals surface area (Å²) < 4.78 is 27.9. The Kier molecular flexibility index (Phi) is 8.20. The molecule has 0 fully saturated rings. The van der Waals surface area contributed by atoms with Crippen LogP contribution in [-0.4, -0.2) is 43.4 Å². The number of hydrogen-bond acceptors (Lipinski definition) is 3. The van der Waals surface area contributed by atoms with Crippen molar-refractivity contribution in [1.29, 1.82) is 0 Å². The molecule has 0 amide bonds. The van der Waals surface area contributed by atoms with Crippen LogP contribution < -0.4 is 4.72 Å². The SMILES string of the molecule is CCCN(CCC)S(=O)(=O)NCC(C(=O)O)C(C)C. The molecular formula is C12H26N2O4S. The van der Waals surface area contributed by atoms with Gasteiger partial charge in [-0.25, -0.2) is 4.72 Å². The summed E-state index contributed by atoms with van der Waals surface area (Å²) in [6.45, 7) is 8.18. The van der Waals surface area contributed by atoms with E-state index in [9.17, 15) is 13.2 Å². The maximum atomic E-state index is 12.1. The summed E-state index contributed by atoms with van der Waals surface area (Å²) in [6.07, 6.45) is 1.46. The Morgan fingerprint density at radius 1 is 1.21 bits per heavy atom. The van der Waals surface area contributed by atoms with E-state index in [4.69, 9.17) is 5.11 Å². The zero-order chi connectivity index (χ0) is 15.1. The van der Waals surface area contributed by atoms with Crippen LogP contribution in [0.2, 0.25) is 0 Å². The normalized spacial score (nSPS) is 14.0. The third-order valence-corrected chi connectivity index (χ3v) is 4.47. The molecule has 0 saturated heterocycles. The molecule has 0 rings (SSSR count). The van der Waals surface area contributed by atoms with E-state index in [1.807, 2.05) is 13.8 Å². The minimum Gasteiger partial charge on any atom is -0.481 e. The summed E-state index contributed by atoms with van der Waals surface area (Å²) in [5, 5.41) is 9.04. The van der Waals surface area contributed by atoms with Crippen molar-refractivity contribution in [2.24, 2.45) is 11.8 Å². The average Bonchev–Trinajstić information content (AvgIpc) is 2.27. The van der Waals surface area contributed by atoms with E-state index in [0.717, 1.165) is 12.8 Å². The highest BCUT2D eigenvalue weighted by molar-refractivity contribution is 7.87. The Labute approximate surface area is 116 Å². The van der Waals surface area contributed by atoms with Gasteiger partial charge >= 0.3 is 5.97 Å². The fourth-order valence-corrected chi connectivity index (χ4v) is 3.16. The Hall–Kier alpha value is -0.660. The molecule has 0 aromatic rings. The van der Waals surface area contributed by atoms with Gasteiger partial charge in [-0.3, -0.25) is 4.79 Å². The molecule has 0 saturated carbocycles. The molecule has 2 N–H and O–H groups in total. The molecule has 0 radical (unpaired) electrons. The number of aliphatic carboxylic acids is 1. The van der Waals surface area contributed by atoms with Gasteiger partial charge in [0.25, 0.3) is 10.2 Å². The van der Waals surface area contributed by atoms with Crippen LogP contribution in [0.25, 0.3) is 0 Å². The average molecular weight is 294 g/mol. The molecule has 114 valence electrons. The summed E-state index contributed by atoms with van der Waals surface area (Å²) in [4.78, 5) is 11.0. The first-order valence-corrected chi connectivity index (χ1v) is 8.17. The predicted molar refractivity (Wildman–Crippen MR) is 75.0 cm³/mol. The van der Waals surface area contributed by atoms with Gasteiger partial charge in [-0.05, 0) is 18.8 Å². The molecule has 6 nitrogen and oxygen atoms in total. The minimum atomic E-state index is -3.59. The highest BCUT2D eigenvalue weighted by atomic mass is 32.2. The molecular weight excluding hydrogens is 268 g/mol. The Morgan fingerprint density at radius 2 is 1.68 bits per heavy atom. The van der Waals surface area contributed by atoms with Gasteiger partial charge in [-0.1, -0.05) is 27.7 Å². The first-order valence-electron chi connectivity index (χ1n) is 6.73. The number of rotatable bonds is 10. The van der Waals surface area contributed by atoms with Gasteiger partial charge in [0.1, 0.15) is 0 Å². The first-order chi connectivity index (χ1) is 8.76. The highest BCUT2D eigenvalue weighted by Crippen LogP contribution is 2.11. The lowest BCUT2D eigenvalue weighted by Gasteiger charge is -2.23. The van der Waals surface area contributed by atoms with Crippen molar-refractivity contribution < 1.29 is 18.3 Å². The van der Waals surface area contributed by atoms with Crippen molar-refractivity contribution in [3.05, 3.63) is 0 Å². The summed E-state index contributed by atoms with van der Waals surface area (Å²) in [5.41, 5.74) is 0. The Morgan fingerprint density at radius 3 is 2.00 bits per heavy atom. The lowest BCUT2D eigenvalue weighted by atomic mass is 9.97. The molecule has 0 aliphatic heterocycles. The van der Waals surface area contributed by atoms with E-state index in [2.05, 4.69) is 4.72 Å². The zero-order valence-corrected chi connectivity index (χ0v) is 13.0. The van der Waals surface area contributed by atoms with Gasteiger partial charge in [0.2, 0.25) is 0 Å². The van der Waals surface area contributed by atoms with Crippen molar-refractivity contribution in [2.45, 2.75) is 40.5 Å².